The molecule has 0 saturated carbocycles. The molecule has 0 atom stereocenters. The highest BCUT2D eigenvalue weighted by Gasteiger charge is 2.17. The SMILES string of the molecule is CCCN(CCO)c1ccc([N+](=O)[O-])c(C#N)n1. The van der Waals surface area contributed by atoms with Gasteiger partial charge in [-0.2, -0.15) is 5.26 Å². The van der Waals surface area contributed by atoms with Crippen LogP contribution in [0.2, 0.25) is 0 Å². The molecule has 0 bridgehead atoms. The van der Waals surface area contributed by atoms with Crippen molar-refractivity contribution in [1.29, 1.82) is 5.26 Å². The summed E-state index contributed by atoms with van der Waals surface area (Å²) in [6, 6.07) is 4.47. The molecule has 0 radical (unpaired) electrons. The zero-order valence-electron chi connectivity index (χ0n) is 10.0. The highest BCUT2D eigenvalue weighted by atomic mass is 16.6. The summed E-state index contributed by atoms with van der Waals surface area (Å²) >= 11 is 0. The van der Waals surface area contributed by atoms with Crippen LogP contribution in [0.5, 0.6) is 0 Å². The summed E-state index contributed by atoms with van der Waals surface area (Å²) in [6.07, 6.45) is 0.848. The first kappa shape index (κ1) is 13.9. The van der Waals surface area contributed by atoms with Gasteiger partial charge in [0.25, 0.3) is 0 Å². The summed E-state index contributed by atoms with van der Waals surface area (Å²) in [5.41, 5.74) is -0.516. The topological polar surface area (TPSA) is 103 Å². The van der Waals surface area contributed by atoms with Crippen LogP contribution in [0.3, 0.4) is 0 Å². The van der Waals surface area contributed by atoms with Gasteiger partial charge < -0.3 is 10.0 Å². The zero-order chi connectivity index (χ0) is 13.5. The summed E-state index contributed by atoms with van der Waals surface area (Å²) in [7, 11) is 0. The van der Waals surface area contributed by atoms with Gasteiger partial charge in [-0.1, -0.05) is 6.92 Å². The molecule has 18 heavy (non-hydrogen) atoms. The molecule has 1 N–H and O–H groups in total. The van der Waals surface area contributed by atoms with Crippen LogP contribution >= 0.6 is 0 Å². The summed E-state index contributed by atoms with van der Waals surface area (Å²) in [6.45, 7) is 2.97. The lowest BCUT2D eigenvalue weighted by Gasteiger charge is -2.21. The van der Waals surface area contributed by atoms with Crippen LogP contribution in [0.1, 0.15) is 19.0 Å². The van der Waals surface area contributed by atoms with Crippen LogP contribution < -0.4 is 4.90 Å². The number of hydrogen-bond donors (Lipinski definition) is 1. The normalized spacial score (nSPS) is 9.83. The molecule has 0 aliphatic rings. The van der Waals surface area contributed by atoms with Gasteiger partial charge in [0.05, 0.1) is 11.5 Å². The van der Waals surface area contributed by atoms with E-state index in [1.807, 2.05) is 6.92 Å². The number of rotatable bonds is 6. The van der Waals surface area contributed by atoms with Crippen molar-refractivity contribution in [3.63, 3.8) is 0 Å². The molecule has 0 saturated heterocycles. The first-order chi connectivity index (χ1) is 8.63. The van der Waals surface area contributed by atoms with Crippen molar-refractivity contribution in [2.45, 2.75) is 13.3 Å². The number of hydrogen-bond acceptors (Lipinski definition) is 6. The number of nitriles is 1. The summed E-state index contributed by atoms with van der Waals surface area (Å²) in [5, 5.41) is 28.5. The Labute approximate surface area is 104 Å². The van der Waals surface area contributed by atoms with E-state index < -0.39 is 4.92 Å². The van der Waals surface area contributed by atoms with Crippen LogP contribution in [0.15, 0.2) is 12.1 Å². The average Bonchev–Trinajstić information content (AvgIpc) is 2.37. The number of aliphatic hydroxyl groups is 1. The number of pyridine rings is 1. The molecular weight excluding hydrogens is 236 g/mol. The van der Waals surface area contributed by atoms with Gasteiger partial charge in [0, 0.05) is 19.2 Å². The lowest BCUT2D eigenvalue weighted by atomic mass is 10.3. The molecule has 1 aromatic rings. The Bertz CT molecular complexity index is 464. The van der Waals surface area contributed by atoms with E-state index in [0.29, 0.717) is 18.9 Å². The van der Waals surface area contributed by atoms with Gasteiger partial charge in [-0.25, -0.2) is 4.98 Å². The van der Waals surface area contributed by atoms with Gasteiger partial charge >= 0.3 is 5.69 Å². The fraction of sp³-hybridized carbons (Fsp3) is 0.455. The Morgan fingerprint density at radius 1 is 1.56 bits per heavy atom. The monoisotopic (exact) mass is 250 g/mol. The molecule has 0 aliphatic carbocycles. The van der Waals surface area contributed by atoms with Gasteiger partial charge in [-0.3, -0.25) is 10.1 Å². The number of anilines is 1. The Balaban J connectivity index is 3.10. The quantitative estimate of drug-likeness (QED) is 0.598. The number of aromatic nitrogens is 1. The van der Waals surface area contributed by atoms with E-state index in [2.05, 4.69) is 4.98 Å². The molecule has 0 amide bonds. The number of aliphatic hydroxyl groups excluding tert-OH is 1. The fourth-order valence-corrected chi connectivity index (χ4v) is 1.58. The molecule has 0 aromatic carbocycles. The van der Waals surface area contributed by atoms with E-state index in [9.17, 15) is 10.1 Å². The molecule has 0 unspecified atom stereocenters. The first-order valence-electron chi connectivity index (χ1n) is 5.55. The molecule has 0 fully saturated rings. The maximum Gasteiger partial charge on any atom is 0.305 e. The Hall–Kier alpha value is -2.20. The van der Waals surface area contributed by atoms with Crippen LogP contribution in [0.4, 0.5) is 11.5 Å². The highest BCUT2D eigenvalue weighted by molar-refractivity contribution is 5.51. The third kappa shape index (κ3) is 3.15. The molecular formula is C11H14N4O3. The van der Waals surface area contributed by atoms with Crippen molar-refractivity contribution in [2.75, 3.05) is 24.6 Å². The summed E-state index contributed by atoms with van der Waals surface area (Å²) < 4.78 is 0. The zero-order valence-corrected chi connectivity index (χ0v) is 10.0. The molecule has 1 aromatic heterocycles. The minimum Gasteiger partial charge on any atom is -0.395 e. The van der Waals surface area contributed by atoms with Crippen molar-refractivity contribution in [2.24, 2.45) is 0 Å². The molecule has 0 spiro atoms. The van der Waals surface area contributed by atoms with Crippen LogP contribution in [0.25, 0.3) is 0 Å². The largest absolute Gasteiger partial charge is 0.395 e. The third-order valence-electron chi connectivity index (χ3n) is 2.35. The van der Waals surface area contributed by atoms with Crippen molar-refractivity contribution in [1.82, 2.24) is 4.98 Å². The van der Waals surface area contributed by atoms with E-state index in [4.69, 9.17) is 10.4 Å². The van der Waals surface area contributed by atoms with Crippen LogP contribution in [0, 0.1) is 21.4 Å². The minimum atomic E-state index is -0.633. The molecule has 0 aliphatic heterocycles. The van der Waals surface area contributed by atoms with Gasteiger partial charge in [-0.15, -0.1) is 0 Å². The lowest BCUT2D eigenvalue weighted by Crippen LogP contribution is -2.28. The molecule has 1 rings (SSSR count). The Morgan fingerprint density at radius 2 is 2.28 bits per heavy atom. The van der Waals surface area contributed by atoms with Gasteiger partial charge in [0.15, 0.2) is 0 Å². The van der Waals surface area contributed by atoms with Gasteiger partial charge in [0.2, 0.25) is 5.69 Å². The molecule has 7 nitrogen and oxygen atoms in total. The molecule has 1 heterocycles. The Morgan fingerprint density at radius 3 is 2.78 bits per heavy atom. The summed E-state index contributed by atoms with van der Waals surface area (Å²) in [5.74, 6) is 0.466. The van der Waals surface area contributed by atoms with Crippen molar-refractivity contribution in [3.05, 3.63) is 27.9 Å². The first-order valence-corrected chi connectivity index (χ1v) is 5.55. The van der Waals surface area contributed by atoms with E-state index in [-0.39, 0.29) is 18.0 Å². The summed E-state index contributed by atoms with van der Waals surface area (Å²) in [4.78, 5) is 15.8. The second-order valence-corrected chi connectivity index (χ2v) is 3.62. The predicted molar refractivity (Wildman–Crippen MR) is 65.2 cm³/mol. The van der Waals surface area contributed by atoms with Crippen LogP contribution in [-0.2, 0) is 0 Å². The van der Waals surface area contributed by atoms with Gasteiger partial charge in [0.1, 0.15) is 11.9 Å². The van der Waals surface area contributed by atoms with Crippen molar-refractivity contribution >= 4 is 11.5 Å². The second kappa shape index (κ2) is 6.51. The Kier molecular flexibility index (Phi) is 5.02. The van der Waals surface area contributed by atoms with Crippen LogP contribution in [-0.4, -0.2) is 34.7 Å². The lowest BCUT2D eigenvalue weighted by molar-refractivity contribution is -0.385. The molecule has 96 valence electrons. The van der Waals surface area contributed by atoms with Crippen molar-refractivity contribution in [3.8, 4) is 6.07 Å². The van der Waals surface area contributed by atoms with E-state index in [1.165, 1.54) is 12.1 Å². The predicted octanol–water partition coefficient (Wildman–Crippen LogP) is 1.07. The van der Waals surface area contributed by atoms with Crippen molar-refractivity contribution < 1.29 is 10.0 Å². The smallest absolute Gasteiger partial charge is 0.305 e. The maximum atomic E-state index is 10.7. The second-order valence-electron chi connectivity index (χ2n) is 3.62. The van der Waals surface area contributed by atoms with E-state index in [1.54, 1.807) is 11.0 Å². The van der Waals surface area contributed by atoms with E-state index >= 15 is 0 Å². The minimum absolute atomic E-state index is 0.0411. The average molecular weight is 250 g/mol. The number of nitrogens with zero attached hydrogens (tertiary/aromatic N) is 4. The highest BCUT2D eigenvalue weighted by Crippen LogP contribution is 2.20. The third-order valence-corrected chi connectivity index (χ3v) is 2.35. The number of nitro groups is 1. The standard InChI is InChI=1S/C11H14N4O3/c1-2-5-14(6-7-16)11-4-3-10(15(17)18)9(8-12)13-11/h3-4,16H,2,5-7H2,1H3. The molecule has 7 heteroatoms. The van der Waals surface area contributed by atoms with Gasteiger partial charge in [-0.05, 0) is 12.5 Å². The maximum absolute atomic E-state index is 10.7. The van der Waals surface area contributed by atoms with E-state index in [0.717, 1.165) is 6.42 Å². The fourth-order valence-electron chi connectivity index (χ4n) is 1.58.